The predicted octanol–water partition coefficient (Wildman–Crippen LogP) is 7.10. The second-order valence-electron chi connectivity index (χ2n) is 10.9. The number of hydrogen-bond acceptors (Lipinski definition) is 7. The number of rotatable bonds is 4. The Bertz CT molecular complexity index is 1950. The predicted molar refractivity (Wildman–Crippen MR) is 169 cm³/mol. The molecule has 208 valence electrons. The third-order valence-electron chi connectivity index (χ3n) is 8.42. The molecule has 3 aliphatic rings. The molecule has 2 heterocycles. The van der Waals surface area contributed by atoms with Crippen LogP contribution in [0.15, 0.2) is 138 Å². The van der Waals surface area contributed by atoms with Crippen molar-refractivity contribution in [1.29, 1.82) is 0 Å². The van der Waals surface area contributed by atoms with Crippen LogP contribution in [0.25, 0.3) is 11.1 Å². The van der Waals surface area contributed by atoms with Gasteiger partial charge in [0.05, 0.1) is 16.3 Å². The lowest BCUT2D eigenvalue weighted by Gasteiger charge is -2.52. The van der Waals surface area contributed by atoms with E-state index in [9.17, 15) is 10.1 Å². The number of benzene rings is 5. The third kappa shape index (κ3) is 3.63. The molecular formula is C35H26N6O2. The van der Waals surface area contributed by atoms with E-state index in [0.717, 1.165) is 50.7 Å². The summed E-state index contributed by atoms with van der Waals surface area (Å²) in [6.45, 7) is 2.51. The van der Waals surface area contributed by atoms with Crippen LogP contribution in [-0.2, 0) is 5.66 Å². The number of hydrogen-bond donors (Lipinski definition) is 0. The summed E-state index contributed by atoms with van der Waals surface area (Å²) < 4.78 is 0. The summed E-state index contributed by atoms with van der Waals surface area (Å²) in [7, 11) is 0. The normalized spacial score (nSPS) is 18.2. The van der Waals surface area contributed by atoms with Gasteiger partial charge in [0.2, 0.25) is 5.66 Å². The lowest BCUT2D eigenvalue weighted by atomic mass is 9.75. The molecular weight excluding hydrogens is 536 g/mol. The molecule has 1 atom stereocenters. The molecule has 8 nitrogen and oxygen atoms in total. The second-order valence-corrected chi connectivity index (χ2v) is 10.9. The molecule has 0 saturated heterocycles. The van der Waals surface area contributed by atoms with Gasteiger partial charge in [-0.15, -0.1) is 0 Å². The van der Waals surface area contributed by atoms with Crippen LogP contribution in [-0.4, -0.2) is 28.0 Å². The second kappa shape index (κ2) is 9.39. The largest absolute Gasteiger partial charge is 0.301 e. The Morgan fingerprint density at radius 3 is 2.05 bits per heavy atom. The van der Waals surface area contributed by atoms with Crippen LogP contribution < -0.4 is 10.0 Å². The molecule has 0 aromatic heterocycles. The summed E-state index contributed by atoms with van der Waals surface area (Å²) >= 11 is 0. The molecule has 0 radical (unpaired) electrons. The molecule has 8 heteroatoms. The quantitative estimate of drug-likeness (QED) is 0.172. The Morgan fingerprint density at radius 1 is 0.698 bits per heavy atom. The maximum atomic E-state index is 11.5. The lowest BCUT2D eigenvalue weighted by molar-refractivity contribution is -0.384. The first kappa shape index (κ1) is 25.0. The van der Waals surface area contributed by atoms with E-state index in [1.807, 2.05) is 34.3 Å². The van der Waals surface area contributed by atoms with Gasteiger partial charge in [0, 0.05) is 28.8 Å². The minimum Gasteiger partial charge on any atom is -0.301 e. The van der Waals surface area contributed by atoms with Crippen molar-refractivity contribution in [2.24, 2.45) is 10.2 Å². The highest BCUT2D eigenvalue weighted by molar-refractivity contribution is 6.21. The average molecular weight is 563 g/mol. The molecule has 8 rings (SSSR count). The maximum Gasteiger partial charge on any atom is 0.269 e. The van der Waals surface area contributed by atoms with Gasteiger partial charge in [0.25, 0.3) is 5.69 Å². The van der Waals surface area contributed by atoms with Crippen molar-refractivity contribution >= 4 is 28.6 Å². The van der Waals surface area contributed by atoms with E-state index in [-0.39, 0.29) is 10.6 Å². The van der Waals surface area contributed by atoms with E-state index in [0.29, 0.717) is 6.67 Å². The van der Waals surface area contributed by atoms with Crippen LogP contribution in [0.2, 0.25) is 0 Å². The highest BCUT2D eigenvalue weighted by atomic mass is 16.6. The number of non-ortho nitro benzene ring substituents is 1. The van der Waals surface area contributed by atoms with Crippen molar-refractivity contribution in [3.63, 3.8) is 0 Å². The summed E-state index contributed by atoms with van der Waals surface area (Å²) in [6.07, 6.45) is 0. The molecule has 0 bridgehead atoms. The topological polar surface area (TPSA) is 77.6 Å². The number of fused-ring (bicyclic) bond motifs is 4. The molecule has 43 heavy (non-hydrogen) atoms. The van der Waals surface area contributed by atoms with Gasteiger partial charge in [-0.05, 0) is 42.3 Å². The molecule has 5 aromatic rings. The van der Waals surface area contributed by atoms with E-state index in [1.165, 1.54) is 17.7 Å². The van der Waals surface area contributed by atoms with Crippen LogP contribution >= 0.6 is 0 Å². The number of nitro groups is 1. The zero-order chi connectivity index (χ0) is 29.1. The first-order chi connectivity index (χ1) is 21.1. The summed E-state index contributed by atoms with van der Waals surface area (Å²) in [6, 6.07) is 41.9. The Morgan fingerprint density at radius 2 is 1.33 bits per heavy atom. The first-order valence-electron chi connectivity index (χ1n) is 14.1. The van der Waals surface area contributed by atoms with Crippen molar-refractivity contribution in [2.45, 2.75) is 12.6 Å². The summed E-state index contributed by atoms with van der Waals surface area (Å²) in [5, 5.41) is 26.3. The van der Waals surface area contributed by atoms with Gasteiger partial charge in [-0.25, -0.2) is 10.0 Å². The minimum absolute atomic E-state index is 0.0297. The van der Waals surface area contributed by atoms with Gasteiger partial charge in [-0.2, -0.15) is 10.2 Å². The van der Waals surface area contributed by atoms with Crippen LogP contribution in [0, 0.1) is 17.0 Å². The molecule has 0 amide bonds. The van der Waals surface area contributed by atoms with Crippen molar-refractivity contribution in [1.82, 2.24) is 4.90 Å². The highest BCUT2D eigenvalue weighted by Gasteiger charge is 2.60. The summed E-state index contributed by atoms with van der Waals surface area (Å²) in [5.41, 5.74) is 8.02. The molecule has 1 unspecified atom stereocenters. The van der Waals surface area contributed by atoms with Crippen LogP contribution in [0.5, 0.6) is 0 Å². The molecule has 0 fully saturated rings. The fourth-order valence-electron chi connectivity index (χ4n) is 6.43. The van der Waals surface area contributed by atoms with E-state index >= 15 is 0 Å². The number of anilines is 2. The Hall–Kier alpha value is -5.76. The standard InChI is InChI=1S/C35H26N6O2/c1-24-15-17-26(18-16-24)39-23-38-34(25-9-3-2-4-10-25)37-40(27-19-21-28(22-20-27)41(42)43)35(38)32-14-8-7-12-30(32)29-11-5-6-13-31(29)33(35)36-39/h2-22H,23H2,1H3. The van der Waals surface area contributed by atoms with Gasteiger partial charge in [-0.1, -0.05) is 96.6 Å². The average Bonchev–Trinajstić information content (AvgIpc) is 3.40. The SMILES string of the molecule is Cc1ccc(N2CN3C(c4ccccc4)=NN(c4ccc([N+](=O)[O-])cc4)C34C(=N2)c2ccccc2-c2ccccc24)cc1. The van der Waals surface area contributed by atoms with Gasteiger partial charge in [-0.3, -0.25) is 10.1 Å². The molecule has 0 saturated carbocycles. The van der Waals surface area contributed by atoms with Gasteiger partial charge < -0.3 is 4.90 Å². The van der Waals surface area contributed by atoms with Gasteiger partial charge in [0.15, 0.2) is 5.84 Å². The Balaban J connectivity index is 1.45. The highest BCUT2D eigenvalue weighted by Crippen LogP contribution is 2.53. The first-order valence-corrected chi connectivity index (χ1v) is 14.1. The molecule has 5 aromatic carbocycles. The fraction of sp³-hybridized carbons (Fsp3) is 0.0857. The lowest BCUT2D eigenvalue weighted by Crippen LogP contribution is -2.65. The molecule has 0 N–H and O–H groups in total. The zero-order valence-electron chi connectivity index (χ0n) is 23.3. The summed E-state index contributed by atoms with van der Waals surface area (Å²) in [4.78, 5) is 13.5. The van der Waals surface area contributed by atoms with E-state index in [1.54, 1.807) is 12.1 Å². The van der Waals surface area contributed by atoms with Crippen molar-refractivity contribution in [3.8, 4) is 11.1 Å². The number of nitrogens with zero attached hydrogens (tertiary/aromatic N) is 6. The number of aryl methyl sites for hydroxylation is 1. The van der Waals surface area contributed by atoms with Gasteiger partial charge >= 0.3 is 0 Å². The third-order valence-corrected chi connectivity index (χ3v) is 8.42. The van der Waals surface area contributed by atoms with E-state index in [2.05, 4.69) is 90.7 Å². The van der Waals surface area contributed by atoms with Crippen molar-refractivity contribution in [3.05, 3.63) is 160 Å². The van der Waals surface area contributed by atoms with E-state index < -0.39 is 5.66 Å². The number of amidine groups is 1. The fourth-order valence-corrected chi connectivity index (χ4v) is 6.43. The van der Waals surface area contributed by atoms with Crippen LogP contribution in [0.4, 0.5) is 17.1 Å². The van der Waals surface area contributed by atoms with Crippen molar-refractivity contribution < 1.29 is 4.92 Å². The Labute approximate surface area is 248 Å². The van der Waals surface area contributed by atoms with Gasteiger partial charge in [0.1, 0.15) is 12.4 Å². The zero-order valence-corrected chi connectivity index (χ0v) is 23.3. The van der Waals surface area contributed by atoms with Crippen LogP contribution in [0.1, 0.15) is 22.3 Å². The monoisotopic (exact) mass is 562 g/mol. The minimum atomic E-state index is -0.951. The van der Waals surface area contributed by atoms with E-state index in [4.69, 9.17) is 10.2 Å². The number of nitro benzene ring substituents is 1. The Kier molecular flexibility index (Phi) is 5.46. The smallest absolute Gasteiger partial charge is 0.269 e. The maximum absolute atomic E-state index is 11.5. The summed E-state index contributed by atoms with van der Waals surface area (Å²) in [5.74, 6) is 0.789. The molecule has 2 aliphatic heterocycles. The molecule has 1 aliphatic carbocycles. The molecule has 1 spiro atoms. The van der Waals surface area contributed by atoms with Crippen molar-refractivity contribution in [2.75, 3.05) is 16.7 Å². The van der Waals surface area contributed by atoms with Crippen LogP contribution in [0.3, 0.4) is 0 Å². The number of hydrazone groups is 2.